The van der Waals surface area contributed by atoms with E-state index >= 15 is 0 Å². The number of halogens is 1. The molecule has 0 atom stereocenters. The summed E-state index contributed by atoms with van der Waals surface area (Å²) >= 11 is 4.66. The first-order chi connectivity index (χ1) is 9.54. The van der Waals surface area contributed by atoms with Gasteiger partial charge in [-0.05, 0) is 54.0 Å². The highest BCUT2D eigenvalue weighted by Crippen LogP contribution is 2.24. The SMILES string of the molecule is O=S(=O)(Nc1ccc2sncc2c1)c1ccc(Br)cc1. The molecule has 102 valence electrons. The number of hydrogen-bond acceptors (Lipinski definition) is 4. The first-order valence-electron chi connectivity index (χ1n) is 5.67. The number of nitrogens with zero attached hydrogens (tertiary/aromatic N) is 1. The minimum absolute atomic E-state index is 0.226. The predicted octanol–water partition coefficient (Wildman–Crippen LogP) is 3.86. The summed E-state index contributed by atoms with van der Waals surface area (Å²) in [7, 11) is -3.57. The van der Waals surface area contributed by atoms with Gasteiger partial charge < -0.3 is 0 Å². The summed E-state index contributed by atoms with van der Waals surface area (Å²) in [5.41, 5.74) is 0.528. The zero-order valence-electron chi connectivity index (χ0n) is 10.1. The molecule has 0 saturated carbocycles. The Morgan fingerprint density at radius 3 is 2.60 bits per heavy atom. The molecule has 1 aromatic heterocycles. The molecule has 0 aliphatic carbocycles. The lowest BCUT2D eigenvalue weighted by Gasteiger charge is -2.08. The van der Waals surface area contributed by atoms with Crippen molar-refractivity contribution in [1.29, 1.82) is 0 Å². The average Bonchev–Trinajstić information content (AvgIpc) is 2.86. The fraction of sp³-hybridized carbons (Fsp3) is 0. The van der Waals surface area contributed by atoms with Crippen LogP contribution in [0.2, 0.25) is 0 Å². The van der Waals surface area contributed by atoms with Crippen LogP contribution in [0.25, 0.3) is 10.1 Å². The number of fused-ring (bicyclic) bond motifs is 1. The van der Waals surface area contributed by atoms with Crippen molar-refractivity contribution in [3.63, 3.8) is 0 Å². The lowest BCUT2D eigenvalue weighted by atomic mass is 10.2. The molecule has 4 nitrogen and oxygen atoms in total. The monoisotopic (exact) mass is 368 g/mol. The van der Waals surface area contributed by atoms with Gasteiger partial charge in [0.2, 0.25) is 0 Å². The lowest BCUT2D eigenvalue weighted by Crippen LogP contribution is -2.12. The number of anilines is 1. The van der Waals surface area contributed by atoms with Gasteiger partial charge in [-0.25, -0.2) is 8.42 Å². The molecule has 2 aromatic carbocycles. The molecule has 0 radical (unpaired) electrons. The van der Waals surface area contributed by atoms with Gasteiger partial charge in [0, 0.05) is 21.7 Å². The molecule has 0 amide bonds. The molecule has 0 aliphatic rings. The Bertz CT molecular complexity index is 857. The summed E-state index contributed by atoms with van der Waals surface area (Å²) in [6.07, 6.45) is 1.72. The van der Waals surface area contributed by atoms with Gasteiger partial charge in [-0.3, -0.25) is 4.72 Å². The van der Waals surface area contributed by atoms with Gasteiger partial charge >= 0.3 is 0 Å². The normalized spacial score (nSPS) is 11.7. The van der Waals surface area contributed by atoms with Crippen LogP contribution in [0.3, 0.4) is 0 Å². The van der Waals surface area contributed by atoms with Crippen LogP contribution in [-0.2, 0) is 10.0 Å². The molecule has 0 fully saturated rings. The van der Waals surface area contributed by atoms with Crippen LogP contribution < -0.4 is 4.72 Å². The third-order valence-corrected chi connectivity index (χ3v) is 5.43. The second-order valence-corrected chi connectivity index (χ2v) is 7.57. The highest BCUT2D eigenvalue weighted by Gasteiger charge is 2.14. The second kappa shape index (κ2) is 5.16. The third kappa shape index (κ3) is 2.70. The van der Waals surface area contributed by atoms with Crippen LogP contribution in [0.15, 0.2) is 58.0 Å². The van der Waals surface area contributed by atoms with Crippen LogP contribution in [0.4, 0.5) is 5.69 Å². The maximum Gasteiger partial charge on any atom is 0.261 e. The zero-order chi connectivity index (χ0) is 14.2. The number of benzene rings is 2. The van der Waals surface area contributed by atoms with E-state index in [-0.39, 0.29) is 4.90 Å². The van der Waals surface area contributed by atoms with Crippen molar-refractivity contribution < 1.29 is 8.42 Å². The van der Waals surface area contributed by atoms with Crippen molar-refractivity contribution in [2.45, 2.75) is 4.90 Å². The summed E-state index contributed by atoms with van der Waals surface area (Å²) in [6, 6.07) is 11.9. The van der Waals surface area contributed by atoms with Crippen molar-refractivity contribution in [3.8, 4) is 0 Å². The van der Waals surface area contributed by atoms with E-state index in [9.17, 15) is 8.42 Å². The smallest absolute Gasteiger partial charge is 0.261 e. The first-order valence-corrected chi connectivity index (χ1v) is 8.72. The highest BCUT2D eigenvalue weighted by molar-refractivity contribution is 9.10. The maximum absolute atomic E-state index is 12.2. The molecular formula is C13H9BrN2O2S2. The van der Waals surface area contributed by atoms with E-state index in [4.69, 9.17) is 0 Å². The summed E-state index contributed by atoms with van der Waals surface area (Å²) in [4.78, 5) is 0.226. The topological polar surface area (TPSA) is 59.1 Å². The van der Waals surface area contributed by atoms with Gasteiger partial charge in [0.25, 0.3) is 10.0 Å². The van der Waals surface area contributed by atoms with E-state index in [0.29, 0.717) is 5.69 Å². The van der Waals surface area contributed by atoms with Gasteiger partial charge in [0.05, 0.1) is 9.60 Å². The summed E-state index contributed by atoms with van der Waals surface area (Å²) in [5.74, 6) is 0. The van der Waals surface area contributed by atoms with Crippen molar-refractivity contribution in [2.24, 2.45) is 0 Å². The largest absolute Gasteiger partial charge is 0.280 e. The minimum atomic E-state index is -3.57. The van der Waals surface area contributed by atoms with Gasteiger partial charge in [0.15, 0.2) is 0 Å². The van der Waals surface area contributed by atoms with E-state index in [1.165, 1.54) is 11.5 Å². The number of hydrogen-bond donors (Lipinski definition) is 1. The fourth-order valence-corrected chi connectivity index (χ4v) is 3.70. The Kier molecular flexibility index (Phi) is 3.49. The molecule has 1 N–H and O–H groups in total. The van der Waals surface area contributed by atoms with E-state index in [2.05, 4.69) is 25.0 Å². The summed E-state index contributed by atoms with van der Waals surface area (Å²) in [6.45, 7) is 0. The molecule has 3 aromatic rings. The Morgan fingerprint density at radius 1 is 1.10 bits per heavy atom. The van der Waals surface area contributed by atoms with Crippen molar-refractivity contribution in [2.75, 3.05) is 4.72 Å². The highest BCUT2D eigenvalue weighted by atomic mass is 79.9. The molecule has 1 heterocycles. The van der Waals surface area contributed by atoms with Crippen LogP contribution in [0.5, 0.6) is 0 Å². The summed E-state index contributed by atoms with van der Waals surface area (Å²) < 4.78 is 33.0. The number of sulfonamides is 1. The van der Waals surface area contributed by atoms with Gasteiger partial charge in [-0.15, -0.1) is 0 Å². The number of nitrogens with one attached hydrogen (secondary N) is 1. The molecule has 0 bridgehead atoms. The Labute approximate surface area is 128 Å². The van der Waals surface area contributed by atoms with Crippen molar-refractivity contribution in [1.82, 2.24) is 4.37 Å². The quantitative estimate of drug-likeness (QED) is 0.763. The van der Waals surface area contributed by atoms with E-state index in [1.807, 2.05) is 6.07 Å². The van der Waals surface area contributed by atoms with Crippen molar-refractivity contribution >= 4 is 53.3 Å². The Morgan fingerprint density at radius 2 is 1.85 bits per heavy atom. The molecule has 3 rings (SSSR count). The van der Waals surface area contributed by atoms with Crippen molar-refractivity contribution in [3.05, 3.63) is 53.1 Å². The van der Waals surface area contributed by atoms with Crippen LogP contribution in [0.1, 0.15) is 0 Å². The molecule has 0 saturated heterocycles. The lowest BCUT2D eigenvalue weighted by molar-refractivity contribution is 0.601. The van der Waals surface area contributed by atoms with E-state index in [1.54, 1.807) is 42.6 Å². The fourth-order valence-electron chi connectivity index (χ4n) is 1.76. The molecule has 0 aliphatic heterocycles. The molecular weight excluding hydrogens is 360 g/mol. The second-order valence-electron chi connectivity index (χ2n) is 4.14. The number of aromatic nitrogens is 1. The minimum Gasteiger partial charge on any atom is -0.280 e. The summed E-state index contributed by atoms with van der Waals surface area (Å²) in [5, 5.41) is 0.922. The van der Waals surface area contributed by atoms with E-state index in [0.717, 1.165) is 14.6 Å². The number of rotatable bonds is 3. The Hall–Kier alpha value is -1.44. The van der Waals surface area contributed by atoms with Gasteiger partial charge in [0.1, 0.15) is 0 Å². The third-order valence-electron chi connectivity index (χ3n) is 2.73. The van der Waals surface area contributed by atoms with Gasteiger partial charge in [-0.2, -0.15) is 4.37 Å². The van der Waals surface area contributed by atoms with Gasteiger partial charge in [-0.1, -0.05) is 15.9 Å². The van der Waals surface area contributed by atoms with Crippen LogP contribution in [0, 0.1) is 0 Å². The molecule has 0 spiro atoms. The zero-order valence-corrected chi connectivity index (χ0v) is 13.3. The van der Waals surface area contributed by atoms with Crippen LogP contribution >= 0.6 is 27.5 Å². The van der Waals surface area contributed by atoms with Crippen LogP contribution in [-0.4, -0.2) is 12.8 Å². The Balaban J connectivity index is 1.94. The predicted molar refractivity (Wildman–Crippen MR) is 84.6 cm³/mol. The molecule has 0 unspecified atom stereocenters. The maximum atomic E-state index is 12.2. The van der Waals surface area contributed by atoms with E-state index < -0.39 is 10.0 Å². The molecule has 7 heteroatoms. The molecule has 20 heavy (non-hydrogen) atoms. The first kappa shape index (κ1) is 13.5. The standard InChI is InChI=1S/C13H9BrN2O2S2/c14-10-1-4-12(5-2-10)20(17,18)16-11-3-6-13-9(7-11)8-15-19-13/h1-8,16H. The average molecular weight is 369 g/mol.